The Labute approximate surface area is 423 Å². The second kappa shape index (κ2) is 27.1. The van der Waals surface area contributed by atoms with Crippen molar-refractivity contribution in [2.75, 3.05) is 64.4 Å². The van der Waals surface area contributed by atoms with Crippen LogP contribution >= 0.6 is 71.0 Å². The van der Waals surface area contributed by atoms with E-state index in [1.165, 1.54) is 28.8 Å². The minimum absolute atomic E-state index is 0.132. The first kappa shape index (κ1) is 55.4. The zero-order valence-corrected chi connectivity index (χ0v) is 45.5. The maximum atomic E-state index is 12.8. The van der Waals surface area contributed by atoms with Crippen molar-refractivity contribution in [3.63, 3.8) is 0 Å². The van der Waals surface area contributed by atoms with Gasteiger partial charge in [-0.05, 0) is 112 Å². The Morgan fingerprint density at radius 3 is 1.28 bits per heavy atom. The molecule has 3 N–H and O–H groups in total. The van der Waals surface area contributed by atoms with E-state index in [-0.39, 0.29) is 29.0 Å². The highest BCUT2D eigenvalue weighted by molar-refractivity contribution is 9.11. The number of aryl methyl sites for hydroxylation is 2. The number of hydrogen-bond donors (Lipinski definition) is 2. The van der Waals surface area contributed by atoms with Crippen molar-refractivity contribution in [1.29, 1.82) is 0 Å². The van der Waals surface area contributed by atoms with Gasteiger partial charge >= 0.3 is 0 Å². The van der Waals surface area contributed by atoms with E-state index < -0.39 is 20.0 Å². The zero-order valence-electron chi connectivity index (χ0n) is 37.6. The fraction of sp³-hybridized carbons (Fsp3) is 0.375. The molecule has 0 aromatic heterocycles. The number of nitrogens with zero attached hydrogens (tertiary/aromatic N) is 4. The number of piperazine rings is 2. The summed E-state index contributed by atoms with van der Waals surface area (Å²) >= 11 is 21.3. The second-order valence-corrected chi connectivity index (χ2v) is 22.9. The molecular formula is C48H61Br3Cl2N6O4S2. The predicted molar refractivity (Wildman–Crippen MR) is 279 cm³/mol. The van der Waals surface area contributed by atoms with Gasteiger partial charge in [-0.15, -0.1) is 23.2 Å². The summed E-state index contributed by atoms with van der Waals surface area (Å²) in [6.07, 6.45) is 0. The molecule has 10 nitrogen and oxygen atoms in total. The Kier molecular flexibility index (Phi) is 23.1. The van der Waals surface area contributed by atoms with Crippen LogP contribution in [-0.2, 0) is 20.0 Å². The quantitative estimate of drug-likeness (QED) is 0.0992. The summed E-state index contributed by atoms with van der Waals surface area (Å²) in [4.78, 5) is 5.45. The van der Waals surface area contributed by atoms with Crippen LogP contribution in [0.5, 0.6) is 0 Å². The van der Waals surface area contributed by atoms with E-state index in [1.54, 1.807) is 28.6 Å². The highest BCUT2D eigenvalue weighted by atomic mass is 79.9. The van der Waals surface area contributed by atoms with Crippen LogP contribution in [0.3, 0.4) is 0 Å². The topological polar surface area (TPSA) is 119 Å². The molecule has 5 aromatic rings. The molecule has 2 aliphatic rings. The minimum atomic E-state index is -3.55. The Morgan fingerprint density at radius 2 is 0.908 bits per heavy atom. The number of hydrogen-bond acceptors (Lipinski definition) is 8. The number of nitrogens with two attached hydrogens (primary N) is 1. The van der Waals surface area contributed by atoms with Gasteiger partial charge in [0, 0.05) is 83.9 Å². The molecule has 2 heterocycles. The predicted octanol–water partition coefficient (Wildman–Crippen LogP) is 11.1. The van der Waals surface area contributed by atoms with Gasteiger partial charge in [0.25, 0.3) is 0 Å². The summed E-state index contributed by atoms with van der Waals surface area (Å²) in [6.45, 7) is 17.3. The van der Waals surface area contributed by atoms with Crippen molar-refractivity contribution in [3.05, 3.63) is 163 Å². The summed E-state index contributed by atoms with van der Waals surface area (Å²) in [7, 11) is -6.95. The Balaban J connectivity index is 0.000000201. The van der Waals surface area contributed by atoms with E-state index in [9.17, 15) is 16.8 Å². The van der Waals surface area contributed by atoms with Crippen molar-refractivity contribution in [3.8, 4) is 0 Å². The molecule has 0 saturated carbocycles. The number of sulfonamides is 2. The summed E-state index contributed by atoms with van der Waals surface area (Å²) in [5, 5.41) is 3.38. The molecule has 2 saturated heterocycles. The normalized spacial score (nSPS) is 16.4. The monoisotopic (exact) mass is 1160 g/mol. The number of nitrogens with one attached hydrogen (secondary N) is 1. The van der Waals surface area contributed by atoms with E-state index >= 15 is 0 Å². The van der Waals surface area contributed by atoms with Gasteiger partial charge in [-0.1, -0.05) is 120 Å². The van der Waals surface area contributed by atoms with Crippen LogP contribution in [0.1, 0.15) is 66.7 Å². The van der Waals surface area contributed by atoms with Gasteiger partial charge in [0.05, 0.1) is 21.8 Å². The van der Waals surface area contributed by atoms with Crippen LogP contribution in [0, 0.1) is 13.8 Å². The zero-order chi connectivity index (χ0) is 47.7. The van der Waals surface area contributed by atoms with Crippen molar-refractivity contribution >= 4 is 91.0 Å². The molecule has 0 bridgehead atoms. The molecular weight excluding hydrogens is 1100 g/mol. The van der Waals surface area contributed by atoms with Crippen molar-refractivity contribution in [1.82, 2.24) is 23.7 Å². The van der Waals surface area contributed by atoms with Gasteiger partial charge in [-0.3, -0.25) is 9.80 Å². The van der Waals surface area contributed by atoms with Gasteiger partial charge in [0.2, 0.25) is 20.0 Å². The van der Waals surface area contributed by atoms with Crippen molar-refractivity contribution in [2.24, 2.45) is 5.73 Å². The van der Waals surface area contributed by atoms with E-state index in [2.05, 4.69) is 113 Å². The molecule has 5 aromatic carbocycles. The summed E-state index contributed by atoms with van der Waals surface area (Å²) < 4.78 is 55.2. The van der Waals surface area contributed by atoms with Crippen LogP contribution in [0.4, 0.5) is 0 Å². The molecule has 0 aliphatic carbocycles. The van der Waals surface area contributed by atoms with Crippen molar-refractivity contribution < 1.29 is 16.8 Å². The van der Waals surface area contributed by atoms with Gasteiger partial charge in [-0.25, -0.2) is 16.8 Å². The van der Waals surface area contributed by atoms with Gasteiger partial charge in [0.15, 0.2) is 0 Å². The average Bonchev–Trinajstić information content (AvgIpc) is 3.31. The van der Waals surface area contributed by atoms with E-state index in [0.29, 0.717) is 24.0 Å². The highest BCUT2D eigenvalue weighted by Crippen LogP contribution is 2.26. The molecule has 354 valence electrons. The standard InChI is InChI=1S/C19H23BrN2O2S.C12H17BrN2.C9H11Cl2NO2S.C8H10BrN/c1-15-3-9-19(10-4-15)25(23,24)22-13-11-21(12-14-22)16(2)17-5-7-18(20)8-6-17;1-10(15-8-6-14-7-9-15)11-2-4-12(13)5-3-11;1-8-2-4-9(5-3-8)15(13,14)12(6-10)7-11;1-6(10)7-2-4-8(9)5-3-7/h3-10,16H,11-14H2,1-2H3;2-5,10,14H,6-9H2,1H3;2-5H,6-7H2,1H3;2-6H,10H2,1H3/t16-;10-;;6-/m00.0/s1. The lowest BCUT2D eigenvalue weighted by atomic mass is 10.1. The van der Waals surface area contributed by atoms with E-state index in [0.717, 1.165) is 68.1 Å². The second-order valence-electron chi connectivity index (χ2n) is 15.8. The Hall–Kier alpha value is -2.22. The van der Waals surface area contributed by atoms with Crippen molar-refractivity contribution in [2.45, 2.75) is 62.5 Å². The first-order chi connectivity index (χ1) is 30.9. The van der Waals surface area contributed by atoms with Gasteiger partial charge in [0.1, 0.15) is 0 Å². The summed E-state index contributed by atoms with van der Waals surface area (Å²) in [6, 6.07) is 39.3. The van der Waals surface area contributed by atoms with Crippen LogP contribution in [0.25, 0.3) is 0 Å². The van der Waals surface area contributed by atoms with E-state index in [1.807, 2.05) is 69.3 Å². The number of benzene rings is 5. The number of rotatable bonds is 11. The fourth-order valence-corrected chi connectivity index (χ4v) is 11.2. The van der Waals surface area contributed by atoms with Crippen LogP contribution in [-0.4, -0.2) is 99.6 Å². The molecule has 0 unspecified atom stereocenters. The third-order valence-electron chi connectivity index (χ3n) is 11.2. The summed E-state index contributed by atoms with van der Waals surface area (Å²) in [5.41, 5.74) is 11.5. The fourth-order valence-electron chi connectivity index (χ4n) is 6.95. The molecule has 2 fully saturated rings. The van der Waals surface area contributed by atoms with E-state index in [4.69, 9.17) is 28.9 Å². The maximum absolute atomic E-state index is 12.8. The largest absolute Gasteiger partial charge is 0.324 e. The molecule has 17 heteroatoms. The molecule has 0 radical (unpaired) electrons. The van der Waals surface area contributed by atoms with Crippen LogP contribution in [0.2, 0.25) is 0 Å². The van der Waals surface area contributed by atoms with Gasteiger partial charge in [-0.2, -0.15) is 8.61 Å². The lowest BCUT2D eigenvalue weighted by Crippen LogP contribution is -2.49. The Morgan fingerprint density at radius 1 is 0.554 bits per heavy atom. The van der Waals surface area contributed by atoms with Crippen LogP contribution in [0.15, 0.2) is 145 Å². The smallest absolute Gasteiger partial charge is 0.245 e. The first-order valence-corrected chi connectivity index (χ1v) is 27.7. The average molecular weight is 1160 g/mol. The van der Waals surface area contributed by atoms with Crippen LogP contribution < -0.4 is 11.1 Å². The number of alkyl halides is 2. The molecule has 2 aliphatic heterocycles. The highest BCUT2D eigenvalue weighted by Gasteiger charge is 2.30. The molecule has 0 spiro atoms. The SMILES string of the molecule is C[C@@H](c1ccc(Br)cc1)N1CCNCC1.C[C@H](N)c1ccc(Br)cc1.Cc1ccc(S(=O)(=O)N(CCl)CCl)cc1.Cc1ccc(S(=O)(=O)N2CCN([C@@H](C)c3ccc(Br)cc3)CC2)cc1. The molecule has 3 atom stereocenters. The number of halogens is 5. The third-order valence-corrected chi connectivity index (χ3v) is 17.4. The minimum Gasteiger partial charge on any atom is -0.324 e. The first-order valence-electron chi connectivity index (χ1n) is 21.3. The maximum Gasteiger partial charge on any atom is 0.245 e. The lowest BCUT2D eigenvalue weighted by molar-refractivity contribution is 0.146. The molecule has 65 heavy (non-hydrogen) atoms. The summed E-state index contributed by atoms with van der Waals surface area (Å²) in [5.74, 6) is 0. The molecule has 7 rings (SSSR count). The molecule has 0 amide bonds. The van der Waals surface area contributed by atoms with Gasteiger partial charge < -0.3 is 11.1 Å². The lowest BCUT2D eigenvalue weighted by Gasteiger charge is -2.37. The Bertz CT molecular complexity index is 2380. The third kappa shape index (κ3) is 17.1.